The summed E-state index contributed by atoms with van der Waals surface area (Å²) < 4.78 is 7.63. The topological polar surface area (TPSA) is 65.1 Å². The van der Waals surface area contributed by atoms with E-state index in [4.69, 9.17) is 10.6 Å². The Morgan fingerprint density at radius 3 is 3.25 bits per heavy atom. The Balaban J connectivity index is 2.14. The molecule has 5 nitrogen and oxygen atoms in total. The molecule has 1 aliphatic rings. The van der Waals surface area contributed by atoms with Gasteiger partial charge in [-0.15, -0.1) is 0 Å². The number of aromatic nitrogens is 2. The molecule has 5 heteroatoms. The number of nitrogens with zero attached hydrogens (tertiary/aromatic N) is 2. The molecular formula is C11H20N4O. The molecule has 0 aliphatic carbocycles. The van der Waals surface area contributed by atoms with Crippen LogP contribution in [0.4, 0.5) is 0 Å². The second-order valence-corrected chi connectivity index (χ2v) is 4.19. The maximum absolute atomic E-state index is 5.66. The van der Waals surface area contributed by atoms with Crippen LogP contribution in [-0.4, -0.2) is 22.8 Å². The molecule has 0 radical (unpaired) electrons. The molecule has 90 valence electrons. The summed E-state index contributed by atoms with van der Waals surface area (Å²) in [6, 6.07) is 0.0928. The zero-order chi connectivity index (χ0) is 11.4. The van der Waals surface area contributed by atoms with E-state index in [2.05, 4.69) is 21.9 Å². The summed E-state index contributed by atoms with van der Waals surface area (Å²) in [6.45, 7) is 4.67. The zero-order valence-electron chi connectivity index (χ0n) is 9.72. The lowest BCUT2D eigenvalue weighted by molar-refractivity contribution is 0.0371. The molecular weight excluding hydrogens is 204 g/mol. The first-order valence-corrected chi connectivity index (χ1v) is 5.91. The summed E-state index contributed by atoms with van der Waals surface area (Å²) in [5.41, 5.74) is 2.89. The van der Waals surface area contributed by atoms with Gasteiger partial charge in [0.2, 0.25) is 0 Å². The molecule has 1 aromatic rings. The fraction of sp³-hybridized carbons (Fsp3) is 0.727. The molecule has 1 aliphatic heterocycles. The summed E-state index contributed by atoms with van der Waals surface area (Å²) >= 11 is 0. The smallest absolute Gasteiger partial charge is 0.127 e. The first kappa shape index (κ1) is 11.6. The summed E-state index contributed by atoms with van der Waals surface area (Å²) in [7, 11) is 0. The van der Waals surface area contributed by atoms with Crippen LogP contribution >= 0.6 is 0 Å². The Morgan fingerprint density at radius 2 is 2.62 bits per heavy atom. The molecule has 3 N–H and O–H groups in total. The molecule has 0 bridgehead atoms. The van der Waals surface area contributed by atoms with Crippen molar-refractivity contribution in [3.63, 3.8) is 0 Å². The normalized spacial score (nSPS) is 23.2. The summed E-state index contributed by atoms with van der Waals surface area (Å²) in [4.78, 5) is 4.40. The van der Waals surface area contributed by atoms with Crippen LogP contribution < -0.4 is 11.3 Å². The van der Waals surface area contributed by atoms with Gasteiger partial charge in [-0.05, 0) is 19.8 Å². The maximum atomic E-state index is 5.66. The van der Waals surface area contributed by atoms with Crippen molar-refractivity contribution >= 4 is 0 Å². The van der Waals surface area contributed by atoms with Crippen LogP contribution in [0, 0.1) is 5.92 Å². The van der Waals surface area contributed by atoms with Gasteiger partial charge in [-0.1, -0.05) is 0 Å². The van der Waals surface area contributed by atoms with E-state index in [1.807, 2.05) is 12.4 Å². The molecule has 1 fully saturated rings. The van der Waals surface area contributed by atoms with Crippen LogP contribution in [0.25, 0.3) is 0 Å². The van der Waals surface area contributed by atoms with E-state index in [1.54, 1.807) is 0 Å². The number of nitrogens with one attached hydrogen (secondary N) is 1. The van der Waals surface area contributed by atoms with Crippen molar-refractivity contribution in [2.24, 2.45) is 11.8 Å². The van der Waals surface area contributed by atoms with E-state index in [1.165, 1.54) is 0 Å². The first-order valence-electron chi connectivity index (χ1n) is 5.91. The van der Waals surface area contributed by atoms with E-state index >= 15 is 0 Å². The van der Waals surface area contributed by atoms with E-state index in [-0.39, 0.29) is 6.04 Å². The largest absolute Gasteiger partial charge is 0.381 e. The SMILES string of the molecule is CCn1ccnc1C(NN)C1CCCOC1. The van der Waals surface area contributed by atoms with E-state index in [0.717, 1.165) is 38.4 Å². The first-order chi connectivity index (χ1) is 7.86. The number of hydrogen-bond acceptors (Lipinski definition) is 4. The van der Waals surface area contributed by atoms with Crippen molar-refractivity contribution in [1.29, 1.82) is 0 Å². The van der Waals surface area contributed by atoms with Gasteiger partial charge in [0.05, 0.1) is 12.6 Å². The molecule has 2 unspecified atom stereocenters. The molecule has 0 aromatic carbocycles. The Bertz CT molecular complexity index is 320. The molecule has 2 heterocycles. The van der Waals surface area contributed by atoms with Gasteiger partial charge in [0.1, 0.15) is 5.82 Å². The fourth-order valence-electron chi connectivity index (χ4n) is 2.32. The van der Waals surface area contributed by atoms with Crippen LogP contribution in [0.1, 0.15) is 31.6 Å². The van der Waals surface area contributed by atoms with Gasteiger partial charge in [-0.3, -0.25) is 5.84 Å². The maximum Gasteiger partial charge on any atom is 0.127 e. The van der Waals surface area contributed by atoms with Crippen LogP contribution in [0.15, 0.2) is 12.4 Å². The quantitative estimate of drug-likeness (QED) is 0.587. The highest BCUT2D eigenvalue weighted by Gasteiger charge is 2.27. The minimum Gasteiger partial charge on any atom is -0.381 e. The summed E-state index contributed by atoms with van der Waals surface area (Å²) in [5.74, 6) is 7.10. The molecule has 0 spiro atoms. The van der Waals surface area contributed by atoms with Crippen LogP contribution in [0.3, 0.4) is 0 Å². The number of imidazole rings is 1. The molecule has 2 atom stereocenters. The third-order valence-electron chi connectivity index (χ3n) is 3.21. The number of rotatable bonds is 4. The number of hydrazine groups is 1. The van der Waals surface area contributed by atoms with Crippen molar-refractivity contribution in [1.82, 2.24) is 15.0 Å². The second-order valence-electron chi connectivity index (χ2n) is 4.19. The van der Waals surface area contributed by atoms with Gasteiger partial charge in [0, 0.05) is 31.5 Å². The number of ether oxygens (including phenoxy) is 1. The minimum absolute atomic E-state index is 0.0928. The predicted molar refractivity (Wildman–Crippen MR) is 61.5 cm³/mol. The Morgan fingerprint density at radius 1 is 1.75 bits per heavy atom. The highest BCUT2D eigenvalue weighted by Crippen LogP contribution is 2.27. The van der Waals surface area contributed by atoms with Crippen molar-refractivity contribution < 1.29 is 4.74 Å². The van der Waals surface area contributed by atoms with E-state index < -0.39 is 0 Å². The Hall–Kier alpha value is -0.910. The van der Waals surface area contributed by atoms with Crippen molar-refractivity contribution in [3.05, 3.63) is 18.2 Å². The van der Waals surface area contributed by atoms with Gasteiger partial charge in [0.15, 0.2) is 0 Å². The lowest BCUT2D eigenvalue weighted by Crippen LogP contribution is -2.38. The average Bonchev–Trinajstić information content (AvgIpc) is 2.80. The highest BCUT2D eigenvalue weighted by atomic mass is 16.5. The fourth-order valence-corrected chi connectivity index (χ4v) is 2.32. The molecule has 1 aromatic heterocycles. The standard InChI is InChI=1S/C11H20N4O/c1-2-15-6-5-13-11(15)10(14-12)9-4-3-7-16-8-9/h5-6,9-10,14H,2-4,7-8,12H2,1H3. The van der Waals surface area contributed by atoms with Gasteiger partial charge in [-0.2, -0.15) is 0 Å². The van der Waals surface area contributed by atoms with Gasteiger partial charge in [0.25, 0.3) is 0 Å². The highest BCUT2D eigenvalue weighted by molar-refractivity contribution is 5.01. The van der Waals surface area contributed by atoms with Crippen molar-refractivity contribution in [3.8, 4) is 0 Å². The number of aryl methyl sites for hydroxylation is 1. The van der Waals surface area contributed by atoms with Gasteiger partial charge >= 0.3 is 0 Å². The second kappa shape index (κ2) is 5.43. The van der Waals surface area contributed by atoms with Crippen LogP contribution in [0.2, 0.25) is 0 Å². The zero-order valence-corrected chi connectivity index (χ0v) is 9.72. The third-order valence-corrected chi connectivity index (χ3v) is 3.21. The van der Waals surface area contributed by atoms with Crippen molar-refractivity contribution in [2.45, 2.75) is 32.4 Å². The lowest BCUT2D eigenvalue weighted by atomic mass is 9.93. The monoisotopic (exact) mass is 224 g/mol. The third kappa shape index (κ3) is 2.26. The van der Waals surface area contributed by atoms with Gasteiger partial charge < -0.3 is 9.30 Å². The Kier molecular flexibility index (Phi) is 3.93. The number of hydrogen-bond donors (Lipinski definition) is 2. The summed E-state index contributed by atoms with van der Waals surface area (Å²) in [6.07, 6.45) is 6.07. The molecule has 1 saturated heterocycles. The van der Waals surface area contributed by atoms with E-state index in [0.29, 0.717) is 5.92 Å². The summed E-state index contributed by atoms with van der Waals surface area (Å²) in [5, 5.41) is 0. The minimum atomic E-state index is 0.0928. The molecule has 16 heavy (non-hydrogen) atoms. The van der Waals surface area contributed by atoms with Crippen LogP contribution in [-0.2, 0) is 11.3 Å². The lowest BCUT2D eigenvalue weighted by Gasteiger charge is -2.29. The molecule has 2 rings (SSSR count). The van der Waals surface area contributed by atoms with E-state index in [9.17, 15) is 0 Å². The molecule has 0 amide bonds. The predicted octanol–water partition coefficient (Wildman–Crippen LogP) is 0.834. The molecule has 0 saturated carbocycles. The average molecular weight is 224 g/mol. The Labute approximate surface area is 96.0 Å². The van der Waals surface area contributed by atoms with Crippen LogP contribution in [0.5, 0.6) is 0 Å². The van der Waals surface area contributed by atoms with Crippen molar-refractivity contribution in [2.75, 3.05) is 13.2 Å². The van der Waals surface area contributed by atoms with Gasteiger partial charge in [-0.25, -0.2) is 10.4 Å². The number of nitrogens with two attached hydrogens (primary N) is 1.